The molecule has 0 aromatic heterocycles. The SMILES string of the molecule is Cn1c2nc3ccccc3c-2nc2cc([N+](=O)[O-])ccc21. The topological polar surface area (TPSA) is 73.8 Å². The second kappa shape index (κ2) is 3.99. The number of para-hydroxylation sites is 1. The van der Waals surface area contributed by atoms with Crippen LogP contribution in [-0.4, -0.2) is 19.5 Å². The number of nitro groups is 1. The number of fused-ring (bicyclic) bond motifs is 4. The van der Waals surface area contributed by atoms with Crippen molar-refractivity contribution < 1.29 is 4.92 Å². The molecule has 2 aliphatic heterocycles. The lowest BCUT2D eigenvalue weighted by Crippen LogP contribution is -2.02. The molecule has 0 unspecified atom stereocenters. The molecule has 21 heavy (non-hydrogen) atoms. The van der Waals surface area contributed by atoms with Crippen LogP contribution >= 0.6 is 0 Å². The molecule has 6 heteroatoms. The third kappa shape index (κ3) is 1.59. The van der Waals surface area contributed by atoms with Crippen LogP contribution in [0.5, 0.6) is 0 Å². The summed E-state index contributed by atoms with van der Waals surface area (Å²) in [6.45, 7) is 0. The highest BCUT2D eigenvalue weighted by molar-refractivity contribution is 5.97. The Balaban J connectivity index is 2.17. The molecule has 4 rings (SSSR count). The van der Waals surface area contributed by atoms with Gasteiger partial charge in [-0.2, -0.15) is 0 Å². The minimum atomic E-state index is -0.410. The first-order valence-corrected chi connectivity index (χ1v) is 6.44. The van der Waals surface area contributed by atoms with Crippen LogP contribution in [0.3, 0.4) is 0 Å². The zero-order valence-electron chi connectivity index (χ0n) is 11.1. The van der Waals surface area contributed by atoms with E-state index in [2.05, 4.69) is 9.97 Å². The Labute approximate surface area is 119 Å². The average Bonchev–Trinajstić information content (AvgIpc) is 2.86. The van der Waals surface area contributed by atoms with E-state index in [-0.39, 0.29) is 5.69 Å². The predicted octanol–water partition coefficient (Wildman–Crippen LogP) is 3.13. The van der Waals surface area contributed by atoms with Crippen molar-refractivity contribution in [2.75, 3.05) is 0 Å². The summed E-state index contributed by atoms with van der Waals surface area (Å²) >= 11 is 0. The van der Waals surface area contributed by atoms with E-state index in [1.54, 1.807) is 6.07 Å². The normalized spacial score (nSPS) is 11.5. The number of hydrogen-bond acceptors (Lipinski definition) is 4. The minimum Gasteiger partial charge on any atom is -0.326 e. The number of benzene rings is 2. The van der Waals surface area contributed by atoms with E-state index in [0.717, 1.165) is 27.9 Å². The maximum Gasteiger partial charge on any atom is 0.271 e. The van der Waals surface area contributed by atoms with Crippen molar-refractivity contribution in [1.29, 1.82) is 0 Å². The molecule has 0 radical (unpaired) electrons. The molecule has 0 saturated carbocycles. The van der Waals surface area contributed by atoms with Gasteiger partial charge in [0, 0.05) is 24.6 Å². The first-order chi connectivity index (χ1) is 10.1. The van der Waals surface area contributed by atoms with Crippen molar-refractivity contribution in [3.8, 4) is 11.5 Å². The van der Waals surface area contributed by atoms with Gasteiger partial charge in [-0.3, -0.25) is 10.1 Å². The highest BCUT2D eigenvalue weighted by Gasteiger charge is 2.18. The lowest BCUT2D eigenvalue weighted by molar-refractivity contribution is -0.384. The third-order valence-corrected chi connectivity index (χ3v) is 3.68. The van der Waals surface area contributed by atoms with Gasteiger partial charge in [0.15, 0.2) is 5.82 Å². The summed E-state index contributed by atoms with van der Waals surface area (Å²) in [6, 6.07) is 12.4. The number of aromatic nitrogens is 3. The predicted molar refractivity (Wildman–Crippen MR) is 79.3 cm³/mol. The molecule has 0 amide bonds. The fraction of sp³-hybridized carbons (Fsp3) is 0.0667. The summed E-state index contributed by atoms with van der Waals surface area (Å²) in [5.41, 5.74) is 3.09. The molecule has 2 heterocycles. The molecule has 0 fully saturated rings. The van der Waals surface area contributed by atoms with Gasteiger partial charge < -0.3 is 4.57 Å². The Hall–Kier alpha value is -3.02. The van der Waals surface area contributed by atoms with Crippen LogP contribution in [0.15, 0.2) is 42.5 Å². The molecular weight excluding hydrogens is 268 g/mol. The van der Waals surface area contributed by atoms with Gasteiger partial charge in [0.05, 0.1) is 21.5 Å². The monoisotopic (exact) mass is 278 g/mol. The second-order valence-electron chi connectivity index (χ2n) is 4.90. The van der Waals surface area contributed by atoms with Crippen LogP contribution in [0.25, 0.3) is 33.5 Å². The van der Waals surface area contributed by atoms with Gasteiger partial charge in [-0.25, -0.2) is 9.97 Å². The van der Waals surface area contributed by atoms with Crippen molar-refractivity contribution in [3.63, 3.8) is 0 Å². The molecule has 0 spiro atoms. The van der Waals surface area contributed by atoms with Crippen LogP contribution in [0.2, 0.25) is 0 Å². The molecule has 0 saturated heterocycles. The summed E-state index contributed by atoms with van der Waals surface area (Å²) in [5, 5.41) is 11.9. The number of hydrogen-bond donors (Lipinski definition) is 0. The smallest absolute Gasteiger partial charge is 0.271 e. The summed E-state index contributed by atoms with van der Waals surface area (Å²) in [4.78, 5) is 19.7. The van der Waals surface area contributed by atoms with Crippen molar-refractivity contribution in [1.82, 2.24) is 14.5 Å². The average molecular weight is 278 g/mol. The van der Waals surface area contributed by atoms with E-state index < -0.39 is 4.92 Å². The number of non-ortho nitro benzene ring substituents is 1. The first kappa shape index (κ1) is 11.8. The van der Waals surface area contributed by atoms with E-state index >= 15 is 0 Å². The van der Waals surface area contributed by atoms with Gasteiger partial charge in [0.2, 0.25) is 0 Å². The molecule has 102 valence electrons. The van der Waals surface area contributed by atoms with E-state index in [1.165, 1.54) is 12.1 Å². The highest BCUT2D eigenvalue weighted by atomic mass is 16.6. The molecular formula is C15H10N4O2. The van der Waals surface area contributed by atoms with Gasteiger partial charge in [0.1, 0.15) is 5.69 Å². The Morgan fingerprint density at radius 3 is 2.71 bits per heavy atom. The summed E-state index contributed by atoms with van der Waals surface area (Å²) in [5.74, 6) is 0.776. The van der Waals surface area contributed by atoms with Gasteiger partial charge in [-0.05, 0) is 12.1 Å². The Kier molecular flexibility index (Phi) is 2.24. The molecule has 6 nitrogen and oxygen atoms in total. The number of rotatable bonds is 1. The Bertz CT molecular complexity index is 990. The van der Waals surface area contributed by atoms with Gasteiger partial charge in [0.25, 0.3) is 5.69 Å². The molecule has 0 bridgehead atoms. The van der Waals surface area contributed by atoms with Crippen LogP contribution in [-0.2, 0) is 7.05 Å². The minimum absolute atomic E-state index is 0.0400. The molecule has 2 aromatic rings. The van der Waals surface area contributed by atoms with Gasteiger partial charge >= 0.3 is 0 Å². The van der Waals surface area contributed by atoms with Crippen molar-refractivity contribution >= 4 is 27.6 Å². The second-order valence-corrected chi connectivity index (χ2v) is 4.90. The van der Waals surface area contributed by atoms with Gasteiger partial charge in [-0.15, -0.1) is 0 Å². The Morgan fingerprint density at radius 2 is 1.90 bits per heavy atom. The largest absolute Gasteiger partial charge is 0.326 e. The first-order valence-electron chi connectivity index (χ1n) is 6.44. The fourth-order valence-electron chi connectivity index (χ4n) is 2.64. The van der Waals surface area contributed by atoms with E-state index in [0.29, 0.717) is 5.52 Å². The van der Waals surface area contributed by atoms with Crippen molar-refractivity contribution in [2.24, 2.45) is 7.05 Å². The summed E-state index contributed by atoms with van der Waals surface area (Å²) in [7, 11) is 1.89. The van der Waals surface area contributed by atoms with Crippen LogP contribution in [0, 0.1) is 10.1 Å². The number of aryl methyl sites for hydroxylation is 1. The highest BCUT2D eigenvalue weighted by Crippen LogP contribution is 2.32. The molecule has 0 N–H and O–H groups in total. The quantitative estimate of drug-likeness (QED) is 0.396. The van der Waals surface area contributed by atoms with Crippen LogP contribution in [0.4, 0.5) is 5.69 Å². The maximum atomic E-state index is 10.9. The van der Waals surface area contributed by atoms with Crippen LogP contribution < -0.4 is 0 Å². The maximum absolute atomic E-state index is 10.9. The van der Waals surface area contributed by atoms with Crippen molar-refractivity contribution in [2.45, 2.75) is 0 Å². The van der Waals surface area contributed by atoms with E-state index in [1.807, 2.05) is 35.9 Å². The molecule has 0 atom stereocenters. The number of nitrogens with zero attached hydrogens (tertiary/aromatic N) is 4. The van der Waals surface area contributed by atoms with Gasteiger partial charge in [-0.1, -0.05) is 18.2 Å². The lowest BCUT2D eigenvalue weighted by atomic mass is 10.2. The zero-order chi connectivity index (χ0) is 14.6. The standard InChI is InChI=1S/C15H10N4O2/c1-18-13-7-6-9(19(20)21)8-12(13)16-14-10-4-2-3-5-11(10)17-15(14)18/h2-8H,1H3. The zero-order valence-corrected chi connectivity index (χ0v) is 11.1. The van der Waals surface area contributed by atoms with Crippen LogP contribution in [0.1, 0.15) is 0 Å². The number of nitro benzene ring substituents is 1. The van der Waals surface area contributed by atoms with E-state index in [4.69, 9.17) is 0 Å². The molecule has 0 aliphatic carbocycles. The molecule has 2 aliphatic rings. The fourth-order valence-corrected chi connectivity index (χ4v) is 2.64. The summed E-state index contributed by atoms with van der Waals surface area (Å²) < 4.78 is 1.92. The molecule has 2 aromatic carbocycles. The summed E-state index contributed by atoms with van der Waals surface area (Å²) in [6.07, 6.45) is 0. The Morgan fingerprint density at radius 1 is 1.10 bits per heavy atom. The third-order valence-electron chi connectivity index (χ3n) is 3.68. The van der Waals surface area contributed by atoms with E-state index in [9.17, 15) is 10.1 Å². The van der Waals surface area contributed by atoms with Crippen molar-refractivity contribution in [3.05, 3.63) is 52.6 Å². The lowest BCUT2D eigenvalue weighted by Gasteiger charge is -2.10.